The van der Waals surface area contributed by atoms with Gasteiger partial charge >= 0.3 is 6.18 Å². The summed E-state index contributed by atoms with van der Waals surface area (Å²) < 4.78 is 41.2. The molecule has 1 fully saturated rings. The monoisotopic (exact) mass is 341 g/mol. The fourth-order valence-corrected chi connectivity index (χ4v) is 3.39. The van der Waals surface area contributed by atoms with Crippen molar-refractivity contribution in [3.63, 3.8) is 0 Å². The van der Waals surface area contributed by atoms with Crippen molar-refractivity contribution in [1.82, 2.24) is 9.99 Å². The number of aliphatic hydroxyl groups is 1. The fraction of sp³-hybridized carbons (Fsp3) is 0.562. The highest BCUT2D eigenvalue weighted by atomic mass is 19.4. The number of alkyl halides is 3. The highest BCUT2D eigenvalue weighted by Gasteiger charge is 2.68. The summed E-state index contributed by atoms with van der Waals surface area (Å²) in [6, 6.07) is 2.61. The molecule has 0 bridgehead atoms. The average Bonchev–Trinajstić information content (AvgIpc) is 2.80. The van der Waals surface area contributed by atoms with Crippen LogP contribution in [0, 0.1) is 5.92 Å². The van der Waals surface area contributed by atoms with Gasteiger partial charge in [-0.2, -0.15) is 23.3 Å². The number of hydrogen-bond donors (Lipinski definition) is 1. The van der Waals surface area contributed by atoms with Gasteiger partial charge in [-0.3, -0.25) is 9.78 Å². The van der Waals surface area contributed by atoms with Crippen molar-refractivity contribution >= 4 is 11.6 Å². The molecule has 0 saturated heterocycles. The zero-order chi connectivity index (χ0) is 17.4. The minimum atomic E-state index is -5.00. The van der Waals surface area contributed by atoms with E-state index < -0.39 is 23.7 Å². The number of amides is 1. The van der Waals surface area contributed by atoms with Crippen LogP contribution in [0.15, 0.2) is 29.6 Å². The molecule has 2 atom stereocenters. The Morgan fingerprint density at radius 3 is 2.54 bits per heavy atom. The normalized spacial score (nSPS) is 27.9. The SMILES string of the molecule is O=C(c1ccncc1)N1N=C2CCCCCCC2C1(O)C(F)(F)F. The third-order valence-corrected chi connectivity index (χ3v) is 4.65. The van der Waals surface area contributed by atoms with Gasteiger partial charge in [0.1, 0.15) is 0 Å². The maximum absolute atomic E-state index is 13.7. The summed E-state index contributed by atoms with van der Waals surface area (Å²) in [7, 11) is 0. The Bertz CT molecular complexity index is 648. The number of hydrazone groups is 1. The van der Waals surface area contributed by atoms with Gasteiger partial charge in [-0.15, -0.1) is 0 Å². The molecule has 1 amide bonds. The van der Waals surface area contributed by atoms with Gasteiger partial charge in [0.15, 0.2) is 0 Å². The molecule has 3 rings (SSSR count). The van der Waals surface area contributed by atoms with E-state index >= 15 is 0 Å². The minimum absolute atomic E-state index is 0.00583. The van der Waals surface area contributed by atoms with E-state index in [0.717, 1.165) is 12.8 Å². The van der Waals surface area contributed by atoms with Crippen LogP contribution in [0.3, 0.4) is 0 Å². The lowest BCUT2D eigenvalue weighted by molar-refractivity contribution is -0.312. The van der Waals surface area contributed by atoms with E-state index in [-0.39, 0.29) is 22.7 Å². The number of nitrogens with zero attached hydrogens (tertiary/aromatic N) is 3. The van der Waals surface area contributed by atoms with Gasteiger partial charge in [-0.05, 0) is 31.4 Å². The number of carbonyl (C=O) groups excluding carboxylic acids is 1. The van der Waals surface area contributed by atoms with Crippen molar-refractivity contribution in [2.75, 3.05) is 0 Å². The molecule has 1 aliphatic carbocycles. The number of carbonyl (C=O) groups is 1. The first-order chi connectivity index (χ1) is 11.4. The first-order valence-electron chi connectivity index (χ1n) is 7.97. The number of hydrogen-bond acceptors (Lipinski definition) is 4. The van der Waals surface area contributed by atoms with Crippen LogP contribution in [0.25, 0.3) is 0 Å². The summed E-state index contributed by atoms with van der Waals surface area (Å²) in [6.07, 6.45) is 1.16. The predicted octanol–water partition coefficient (Wildman–Crippen LogP) is 3.11. The van der Waals surface area contributed by atoms with E-state index in [2.05, 4.69) is 10.1 Å². The summed E-state index contributed by atoms with van der Waals surface area (Å²) in [5.74, 6) is -2.18. The van der Waals surface area contributed by atoms with Crippen LogP contribution in [-0.4, -0.2) is 38.6 Å². The van der Waals surface area contributed by atoms with Crippen molar-refractivity contribution in [1.29, 1.82) is 0 Å². The number of rotatable bonds is 1. The molecule has 0 spiro atoms. The molecule has 1 saturated carbocycles. The third kappa shape index (κ3) is 2.68. The van der Waals surface area contributed by atoms with Crippen LogP contribution in [0.2, 0.25) is 0 Å². The fourth-order valence-electron chi connectivity index (χ4n) is 3.39. The lowest BCUT2D eigenvalue weighted by Crippen LogP contribution is -2.61. The van der Waals surface area contributed by atoms with Gasteiger partial charge in [0.25, 0.3) is 11.6 Å². The molecule has 1 aromatic heterocycles. The summed E-state index contributed by atoms with van der Waals surface area (Å²) in [5, 5.41) is 14.7. The predicted molar refractivity (Wildman–Crippen MR) is 80.0 cm³/mol. The molecule has 5 nitrogen and oxygen atoms in total. The highest BCUT2D eigenvalue weighted by molar-refractivity contribution is 5.99. The number of aromatic nitrogens is 1. The van der Waals surface area contributed by atoms with Gasteiger partial charge in [0, 0.05) is 23.7 Å². The topological polar surface area (TPSA) is 65.8 Å². The standard InChI is InChI=1S/C16H18F3N3O2/c17-16(18,19)15(24)12-5-3-1-2-4-6-13(12)21-22(15)14(23)11-7-9-20-10-8-11/h7-10,12,24H,1-6H2. The largest absolute Gasteiger partial charge is 0.439 e. The maximum Gasteiger partial charge on any atom is 0.439 e. The number of fused-ring (bicyclic) bond motifs is 1. The first kappa shape index (κ1) is 16.9. The van der Waals surface area contributed by atoms with Crippen LogP contribution < -0.4 is 0 Å². The Morgan fingerprint density at radius 2 is 1.88 bits per heavy atom. The molecular formula is C16H18F3N3O2. The van der Waals surface area contributed by atoms with Crippen molar-refractivity contribution in [2.45, 2.75) is 50.4 Å². The quantitative estimate of drug-likeness (QED) is 0.853. The molecule has 0 radical (unpaired) electrons. The van der Waals surface area contributed by atoms with E-state index in [9.17, 15) is 23.1 Å². The third-order valence-electron chi connectivity index (χ3n) is 4.65. The molecule has 1 N–H and O–H groups in total. The molecule has 1 aliphatic heterocycles. The molecule has 8 heteroatoms. The van der Waals surface area contributed by atoms with Crippen LogP contribution in [-0.2, 0) is 0 Å². The molecule has 0 aromatic carbocycles. The molecule has 24 heavy (non-hydrogen) atoms. The second-order valence-corrected chi connectivity index (χ2v) is 6.17. The van der Waals surface area contributed by atoms with E-state index in [1.165, 1.54) is 24.5 Å². The Balaban J connectivity index is 2.03. The van der Waals surface area contributed by atoms with Gasteiger partial charge < -0.3 is 5.11 Å². The van der Waals surface area contributed by atoms with E-state index in [1.54, 1.807) is 0 Å². The van der Waals surface area contributed by atoms with Crippen LogP contribution in [0.4, 0.5) is 13.2 Å². The van der Waals surface area contributed by atoms with Gasteiger partial charge in [0.2, 0.25) is 0 Å². The molecule has 2 aliphatic rings. The van der Waals surface area contributed by atoms with Gasteiger partial charge in [0.05, 0.1) is 5.92 Å². The highest BCUT2D eigenvalue weighted by Crippen LogP contribution is 2.47. The van der Waals surface area contributed by atoms with Crippen LogP contribution in [0.1, 0.15) is 48.9 Å². The Kier molecular flexibility index (Phi) is 4.33. The summed E-state index contributed by atoms with van der Waals surface area (Å²) in [4.78, 5) is 16.3. The van der Waals surface area contributed by atoms with Crippen molar-refractivity contribution in [3.05, 3.63) is 30.1 Å². The second-order valence-electron chi connectivity index (χ2n) is 6.17. The molecule has 1 aromatic rings. The zero-order valence-corrected chi connectivity index (χ0v) is 13.0. The average molecular weight is 341 g/mol. The van der Waals surface area contributed by atoms with Crippen molar-refractivity contribution < 1.29 is 23.1 Å². The second kappa shape index (κ2) is 6.16. The van der Waals surface area contributed by atoms with Crippen molar-refractivity contribution in [3.8, 4) is 0 Å². The molecule has 130 valence electrons. The van der Waals surface area contributed by atoms with Crippen molar-refractivity contribution in [2.24, 2.45) is 11.0 Å². The minimum Gasteiger partial charge on any atom is -0.362 e. The molecular weight excluding hydrogens is 323 g/mol. The van der Waals surface area contributed by atoms with Gasteiger partial charge in [-0.1, -0.05) is 19.3 Å². The van der Waals surface area contributed by atoms with E-state index in [0.29, 0.717) is 19.3 Å². The Labute approximate surface area is 137 Å². The smallest absolute Gasteiger partial charge is 0.362 e. The van der Waals surface area contributed by atoms with E-state index in [4.69, 9.17) is 0 Å². The maximum atomic E-state index is 13.7. The molecule has 2 unspecified atom stereocenters. The lowest BCUT2D eigenvalue weighted by atomic mass is 9.82. The molecule has 2 heterocycles. The lowest BCUT2D eigenvalue weighted by Gasteiger charge is -2.37. The zero-order valence-electron chi connectivity index (χ0n) is 13.0. The summed E-state index contributed by atoms with van der Waals surface area (Å²) in [6.45, 7) is 0. The Hall–Kier alpha value is -1.96. The van der Waals surface area contributed by atoms with E-state index in [1.807, 2.05) is 0 Å². The number of halogens is 3. The Morgan fingerprint density at radius 1 is 1.21 bits per heavy atom. The van der Waals surface area contributed by atoms with Gasteiger partial charge in [-0.25, -0.2) is 0 Å². The summed E-state index contributed by atoms with van der Waals surface area (Å²) in [5.41, 5.74) is -3.02. The summed E-state index contributed by atoms with van der Waals surface area (Å²) >= 11 is 0. The van der Waals surface area contributed by atoms with Crippen LogP contribution >= 0.6 is 0 Å². The number of pyridine rings is 1. The first-order valence-corrected chi connectivity index (χ1v) is 7.97. The van der Waals surface area contributed by atoms with Crippen LogP contribution in [0.5, 0.6) is 0 Å².